The van der Waals surface area contributed by atoms with Crippen molar-refractivity contribution < 1.29 is 19.1 Å². The predicted molar refractivity (Wildman–Crippen MR) is 172 cm³/mol. The van der Waals surface area contributed by atoms with Crippen LogP contribution in [0.3, 0.4) is 0 Å². The molecule has 4 heteroatoms. The van der Waals surface area contributed by atoms with Crippen molar-refractivity contribution >= 4 is 11.9 Å². The third-order valence-corrected chi connectivity index (χ3v) is 7.94. The van der Waals surface area contributed by atoms with E-state index in [1.807, 2.05) is 0 Å². The third-order valence-electron chi connectivity index (χ3n) is 7.94. The van der Waals surface area contributed by atoms with E-state index in [1.54, 1.807) is 0 Å². The van der Waals surface area contributed by atoms with Crippen LogP contribution in [0.5, 0.6) is 0 Å². The lowest BCUT2D eigenvalue weighted by Gasteiger charge is -2.18. The Morgan fingerprint density at radius 3 is 0.925 bits per heavy atom. The van der Waals surface area contributed by atoms with Gasteiger partial charge in [-0.1, -0.05) is 143 Å². The molecular weight excluding hydrogens is 496 g/mol. The van der Waals surface area contributed by atoms with E-state index < -0.39 is 11.9 Å². The highest BCUT2D eigenvalue weighted by Gasteiger charge is 2.15. The molecule has 0 saturated heterocycles. The van der Waals surface area contributed by atoms with Crippen LogP contribution in [0.2, 0.25) is 0 Å². The smallest absolute Gasteiger partial charge is 0.331 e. The quantitative estimate of drug-likeness (QED) is 0.0494. The summed E-state index contributed by atoms with van der Waals surface area (Å²) in [7, 11) is 0. The summed E-state index contributed by atoms with van der Waals surface area (Å²) in [6.45, 7) is 8.89. The van der Waals surface area contributed by atoms with Crippen LogP contribution in [0.4, 0.5) is 0 Å². The van der Waals surface area contributed by atoms with E-state index in [9.17, 15) is 9.59 Å². The van der Waals surface area contributed by atoms with Gasteiger partial charge < -0.3 is 9.47 Å². The maximum atomic E-state index is 12.5. The Hall–Kier alpha value is -1.32. The van der Waals surface area contributed by atoms with Gasteiger partial charge in [0, 0.05) is 12.2 Å². The second-order valence-electron chi connectivity index (χ2n) is 12.0. The van der Waals surface area contributed by atoms with Gasteiger partial charge in [-0.25, -0.2) is 9.59 Å². The van der Waals surface area contributed by atoms with Crippen molar-refractivity contribution in [1.29, 1.82) is 0 Å². The fourth-order valence-electron chi connectivity index (χ4n) is 5.32. The first kappa shape index (κ1) is 38.7. The largest absolute Gasteiger partial charge is 0.459 e. The summed E-state index contributed by atoms with van der Waals surface area (Å²) < 4.78 is 11.6. The summed E-state index contributed by atoms with van der Waals surface area (Å²) in [6.07, 6.45) is 33.3. The maximum absolute atomic E-state index is 12.5. The number of carbonyl (C=O) groups is 2. The number of esters is 2. The molecule has 0 aliphatic carbocycles. The minimum Gasteiger partial charge on any atom is -0.459 e. The maximum Gasteiger partial charge on any atom is 0.331 e. The van der Waals surface area contributed by atoms with Crippen LogP contribution in [0.1, 0.15) is 195 Å². The zero-order chi connectivity index (χ0) is 29.5. The summed E-state index contributed by atoms with van der Waals surface area (Å²) in [5.74, 6) is -0.827. The molecule has 0 heterocycles. The monoisotopic (exact) mass is 565 g/mol. The Morgan fingerprint density at radius 2 is 0.625 bits per heavy atom. The van der Waals surface area contributed by atoms with Gasteiger partial charge in [-0.2, -0.15) is 0 Å². The molecule has 0 bridgehead atoms. The lowest BCUT2D eigenvalue weighted by molar-refractivity contribution is -0.146. The molecule has 40 heavy (non-hydrogen) atoms. The highest BCUT2D eigenvalue weighted by molar-refractivity contribution is 5.91. The summed E-state index contributed by atoms with van der Waals surface area (Å²) in [5.41, 5.74) is 0. The van der Waals surface area contributed by atoms with E-state index in [0.29, 0.717) is 0 Å². The van der Waals surface area contributed by atoms with Gasteiger partial charge in [0.25, 0.3) is 0 Å². The summed E-state index contributed by atoms with van der Waals surface area (Å²) in [6, 6.07) is 0. The average molecular weight is 565 g/mol. The second-order valence-corrected chi connectivity index (χ2v) is 12.0. The Balaban J connectivity index is 4.52. The minimum absolute atomic E-state index is 0.0522. The van der Waals surface area contributed by atoms with Gasteiger partial charge in [-0.15, -0.1) is 0 Å². The van der Waals surface area contributed by atoms with Crippen molar-refractivity contribution in [3.63, 3.8) is 0 Å². The highest BCUT2D eigenvalue weighted by atomic mass is 16.5. The zero-order valence-corrected chi connectivity index (χ0v) is 27.3. The average Bonchev–Trinajstić information content (AvgIpc) is 2.94. The molecule has 236 valence electrons. The van der Waals surface area contributed by atoms with Crippen LogP contribution in [-0.2, 0) is 19.1 Å². The van der Waals surface area contributed by atoms with E-state index in [1.165, 1.54) is 102 Å². The van der Waals surface area contributed by atoms with Crippen LogP contribution in [0.15, 0.2) is 12.2 Å². The van der Waals surface area contributed by atoms with Gasteiger partial charge in [0.15, 0.2) is 0 Å². The molecule has 0 radical (unpaired) electrons. The number of hydrogen-bond acceptors (Lipinski definition) is 4. The van der Waals surface area contributed by atoms with E-state index in [4.69, 9.17) is 9.47 Å². The molecule has 0 aromatic carbocycles. The molecule has 2 atom stereocenters. The number of ether oxygens (including phenoxy) is 2. The van der Waals surface area contributed by atoms with Crippen molar-refractivity contribution in [1.82, 2.24) is 0 Å². The Labute approximate surface area is 249 Å². The van der Waals surface area contributed by atoms with Crippen LogP contribution >= 0.6 is 0 Å². The minimum atomic E-state index is -0.413. The lowest BCUT2D eigenvalue weighted by atomic mass is 10.0. The number of hydrogen-bond donors (Lipinski definition) is 0. The van der Waals surface area contributed by atoms with E-state index in [-0.39, 0.29) is 12.2 Å². The molecule has 0 rings (SSSR count). The first-order chi connectivity index (χ1) is 19.6. The molecule has 0 N–H and O–H groups in total. The van der Waals surface area contributed by atoms with Gasteiger partial charge in [0.1, 0.15) is 12.2 Å². The van der Waals surface area contributed by atoms with Gasteiger partial charge >= 0.3 is 11.9 Å². The molecule has 0 fully saturated rings. The highest BCUT2D eigenvalue weighted by Crippen LogP contribution is 2.18. The topological polar surface area (TPSA) is 52.6 Å². The van der Waals surface area contributed by atoms with Gasteiger partial charge in [-0.3, -0.25) is 0 Å². The summed E-state index contributed by atoms with van der Waals surface area (Å²) in [5, 5.41) is 0. The number of unbranched alkanes of at least 4 members (excludes halogenated alkanes) is 18. The summed E-state index contributed by atoms with van der Waals surface area (Å²) in [4.78, 5) is 25.1. The number of rotatable bonds is 30. The molecule has 0 aromatic rings. The van der Waals surface area contributed by atoms with Crippen molar-refractivity contribution in [3.8, 4) is 0 Å². The molecule has 0 spiro atoms. The molecule has 0 aliphatic rings. The Kier molecular flexibility index (Phi) is 29.6. The molecule has 0 aromatic heterocycles. The molecule has 2 unspecified atom stereocenters. The van der Waals surface area contributed by atoms with Crippen molar-refractivity contribution in [2.45, 2.75) is 207 Å². The molecular formula is C36H68O4. The lowest BCUT2D eigenvalue weighted by Crippen LogP contribution is -2.19. The standard InChI is InChI=1S/C36H68O4/c1-5-9-13-15-17-19-21-25-29-33(27-23-11-7-3)39-35(37)31-32-36(38)40-34(28-24-12-8-4)30-26-22-20-18-16-14-10-6-2/h31-34H,5-30H2,1-4H3/b32-31-. The van der Waals surface area contributed by atoms with E-state index in [2.05, 4.69) is 27.7 Å². The normalized spacial score (nSPS) is 13.0. The van der Waals surface area contributed by atoms with Crippen LogP contribution in [0.25, 0.3) is 0 Å². The van der Waals surface area contributed by atoms with Crippen LogP contribution in [-0.4, -0.2) is 24.1 Å². The third kappa shape index (κ3) is 26.9. The first-order valence-corrected chi connectivity index (χ1v) is 17.7. The van der Waals surface area contributed by atoms with Crippen LogP contribution in [0, 0.1) is 0 Å². The predicted octanol–water partition coefficient (Wildman–Crippen LogP) is 11.6. The van der Waals surface area contributed by atoms with Crippen molar-refractivity contribution in [3.05, 3.63) is 12.2 Å². The zero-order valence-electron chi connectivity index (χ0n) is 27.3. The first-order valence-electron chi connectivity index (χ1n) is 17.7. The number of carbonyl (C=O) groups excluding carboxylic acids is 2. The Bertz CT molecular complexity index is 535. The van der Waals surface area contributed by atoms with Crippen molar-refractivity contribution in [2.24, 2.45) is 0 Å². The van der Waals surface area contributed by atoms with E-state index >= 15 is 0 Å². The van der Waals surface area contributed by atoms with Crippen molar-refractivity contribution in [2.75, 3.05) is 0 Å². The summed E-state index contributed by atoms with van der Waals surface area (Å²) >= 11 is 0. The molecule has 0 aliphatic heterocycles. The fourth-order valence-corrected chi connectivity index (χ4v) is 5.32. The molecule has 4 nitrogen and oxygen atoms in total. The molecule has 0 amide bonds. The van der Waals surface area contributed by atoms with Crippen LogP contribution < -0.4 is 0 Å². The SMILES string of the molecule is CCCCCCCCCCC(CCCCC)OC(=O)/C=C\C(=O)OC(CCCCC)CCCCCCCCCC. The molecule has 0 saturated carbocycles. The van der Waals surface area contributed by atoms with E-state index in [0.717, 1.165) is 77.0 Å². The fraction of sp³-hybridized carbons (Fsp3) is 0.889. The second kappa shape index (κ2) is 30.6. The van der Waals surface area contributed by atoms with Gasteiger partial charge in [-0.05, 0) is 51.4 Å². The van der Waals surface area contributed by atoms with Gasteiger partial charge in [0.2, 0.25) is 0 Å². The van der Waals surface area contributed by atoms with Gasteiger partial charge in [0.05, 0.1) is 0 Å². The Morgan fingerprint density at radius 1 is 0.400 bits per heavy atom.